The second-order valence-electron chi connectivity index (χ2n) is 3.63. The van der Waals surface area contributed by atoms with Gasteiger partial charge in [-0.05, 0) is 37.1 Å². The van der Waals surface area contributed by atoms with Gasteiger partial charge in [0, 0.05) is 6.20 Å². The van der Waals surface area contributed by atoms with Gasteiger partial charge < -0.3 is 0 Å². The van der Waals surface area contributed by atoms with Crippen molar-refractivity contribution in [1.82, 2.24) is 15.2 Å². The highest BCUT2D eigenvalue weighted by molar-refractivity contribution is 6.30. The molecule has 0 saturated carbocycles. The first-order chi connectivity index (χ1) is 8.11. The van der Waals surface area contributed by atoms with Gasteiger partial charge >= 0.3 is 0 Å². The van der Waals surface area contributed by atoms with Gasteiger partial charge in [0.1, 0.15) is 11.4 Å². The fraction of sp³-hybridized carbons (Fsp3) is 0.167. The Morgan fingerprint density at radius 1 is 1.18 bits per heavy atom. The molecule has 0 aliphatic rings. The number of hydrogen-bond acceptors (Lipinski definition) is 4. The molecule has 0 aliphatic carbocycles. The van der Waals surface area contributed by atoms with Crippen molar-refractivity contribution >= 4 is 17.4 Å². The Morgan fingerprint density at radius 2 is 1.94 bits per heavy atom. The van der Waals surface area contributed by atoms with Gasteiger partial charge in [0.15, 0.2) is 5.15 Å². The maximum absolute atomic E-state index is 12.1. The molecule has 2 aromatic rings. The smallest absolute Gasteiger partial charge is 0.231 e. The summed E-state index contributed by atoms with van der Waals surface area (Å²) in [4.78, 5) is 16.1. The molecule has 0 atom stereocenters. The molecule has 17 heavy (non-hydrogen) atoms. The predicted molar refractivity (Wildman–Crippen MR) is 64.2 cm³/mol. The SMILES string of the molecule is Cc1c(Cl)nnc(C(=O)c2ccccn2)c1C. The van der Waals surface area contributed by atoms with Crippen LogP contribution in [0.4, 0.5) is 0 Å². The average molecular weight is 248 g/mol. The summed E-state index contributed by atoms with van der Waals surface area (Å²) in [7, 11) is 0. The maximum Gasteiger partial charge on any atom is 0.231 e. The van der Waals surface area contributed by atoms with E-state index in [9.17, 15) is 4.79 Å². The largest absolute Gasteiger partial charge is 0.285 e. The van der Waals surface area contributed by atoms with E-state index in [1.807, 2.05) is 6.92 Å². The minimum Gasteiger partial charge on any atom is -0.285 e. The number of halogens is 1. The third-order valence-corrected chi connectivity index (χ3v) is 2.94. The number of carbonyl (C=O) groups is 1. The van der Waals surface area contributed by atoms with Gasteiger partial charge in [-0.3, -0.25) is 9.78 Å². The third kappa shape index (κ3) is 2.17. The summed E-state index contributed by atoms with van der Waals surface area (Å²) >= 11 is 5.84. The zero-order valence-electron chi connectivity index (χ0n) is 9.44. The molecule has 0 fully saturated rings. The molecule has 2 heterocycles. The summed E-state index contributed by atoms with van der Waals surface area (Å²) in [6.07, 6.45) is 1.57. The molecule has 0 saturated heterocycles. The number of ketones is 1. The molecule has 0 spiro atoms. The minimum absolute atomic E-state index is 0.240. The van der Waals surface area contributed by atoms with Crippen molar-refractivity contribution in [3.63, 3.8) is 0 Å². The van der Waals surface area contributed by atoms with Crippen LogP contribution in [0.2, 0.25) is 5.15 Å². The van der Waals surface area contributed by atoms with E-state index in [1.165, 1.54) is 0 Å². The van der Waals surface area contributed by atoms with Crippen LogP contribution < -0.4 is 0 Å². The van der Waals surface area contributed by atoms with E-state index in [2.05, 4.69) is 15.2 Å². The summed E-state index contributed by atoms with van der Waals surface area (Å²) in [6, 6.07) is 5.15. The topological polar surface area (TPSA) is 55.7 Å². The summed E-state index contributed by atoms with van der Waals surface area (Å²) in [5.74, 6) is -0.240. The highest BCUT2D eigenvalue weighted by Crippen LogP contribution is 2.18. The van der Waals surface area contributed by atoms with Gasteiger partial charge in [-0.25, -0.2) is 0 Å². The lowest BCUT2D eigenvalue weighted by atomic mass is 10.1. The van der Waals surface area contributed by atoms with Crippen LogP contribution in [-0.4, -0.2) is 21.0 Å². The Morgan fingerprint density at radius 3 is 2.59 bits per heavy atom. The Balaban J connectivity index is 2.49. The first kappa shape index (κ1) is 11.7. The van der Waals surface area contributed by atoms with Crippen molar-refractivity contribution in [3.05, 3.63) is 52.1 Å². The normalized spacial score (nSPS) is 10.3. The number of carbonyl (C=O) groups excluding carboxylic acids is 1. The maximum atomic E-state index is 12.1. The summed E-state index contributed by atoms with van der Waals surface area (Å²) < 4.78 is 0. The molecule has 5 heteroatoms. The lowest BCUT2D eigenvalue weighted by Crippen LogP contribution is -2.11. The molecular weight excluding hydrogens is 238 g/mol. The van der Waals surface area contributed by atoms with E-state index in [0.29, 0.717) is 16.5 Å². The Kier molecular flexibility index (Phi) is 3.15. The summed E-state index contributed by atoms with van der Waals surface area (Å²) in [5, 5.41) is 7.92. The molecule has 2 rings (SSSR count). The molecule has 0 aliphatic heterocycles. The van der Waals surface area contributed by atoms with E-state index in [-0.39, 0.29) is 5.78 Å². The number of pyridine rings is 1. The molecule has 0 bridgehead atoms. The first-order valence-electron chi connectivity index (χ1n) is 5.06. The standard InChI is InChI=1S/C12H10ClN3O/c1-7-8(2)12(13)16-15-10(7)11(17)9-5-3-4-6-14-9/h3-6H,1-2H3. The second-order valence-corrected chi connectivity index (χ2v) is 3.99. The van der Waals surface area contributed by atoms with Crippen LogP contribution in [-0.2, 0) is 0 Å². The number of nitrogens with zero attached hydrogens (tertiary/aromatic N) is 3. The van der Waals surface area contributed by atoms with Crippen LogP contribution in [0.5, 0.6) is 0 Å². The average Bonchev–Trinajstić information content (AvgIpc) is 2.36. The third-order valence-electron chi connectivity index (χ3n) is 2.58. The van der Waals surface area contributed by atoms with E-state index in [0.717, 1.165) is 11.1 Å². The Hall–Kier alpha value is -1.81. The molecule has 0 radical (unpaired) electrons. The van der Waals surface area contributed by atoms with E-state index >= 15 is 0 Å². The highest BCUT2D eigenvalue weighted by atomic mass is 35.5. The van der Waals surface area contributed by atoms with E-state index < -0.39 is 0 Å². The van der Waals surface area contributed by atoms with Crippen LogP contribution in [0.1, 0.15) is 27.3 Å². The van der Waals surface area contributed by atoms with Crippen molar-refractivity contribution in [3.8, 4) is 0 Å². The quantitative estimate of drug-likeness (QED) is 0.765. The summed E-state index contributed by atoms with van der Waals surface area (Å²) in [5.41, 5.74) is 2.15. The van der Waals surface area contributed by atoms with Crippen LogP contribution in [0.25, 0.3) is 0 Å². The highest BCUT2D eigenvalue weighted by Gasteiger charge is 2.17. The van der Waals surface area contributed by atoms with Crippen molar-refractivity contribution in [2.45, 2.75) is 13.8 Å². The molecular formula is C12H10ClN3O. The number of hydrogen-bond donors (Lipinski definition) is 0. The van der Waals surface area contributed by atoms with Gasteiger partial charge in [0.2, 0.25) is 5.78 Å². The van der Waals surface area contributed by atoms with E-state index in [1.54, 1.807) is 31.3 Å². The molecule has 2 aromatic heterocycles. The Labute approximate surface area is 104 Å². The van der Waals surface area contributed by atoms with Crippen molar-refractivity contribution in [2.75, 3.05) is 0 Å². The van der Waals surface area contributed by atoms with Crippen LogP contribution >= 0.6 is 11.6 Å². The molecule has 0 aromatic carbocycles. The molecule has 86 valence electrons. The van der Waals surface area contributed by atoms with Crippen LogP contribution in [0, 0.1) is 13.8 Å². The molecule has 0 amide bonds. The van der Waals surface area contributed by atoms with Crippen molar-refractivity contribution in [1.29, 1.82) is 0 Å². The number of aromatic nitrogens is 3. The van der Waals surface area contributed by atoms with Gasteiger partial charge in [0.25, 0.3) is 0 Å². The van der Waals surface area contributed by atoms with Crippen molar-refractivity contribution < 1.29 is 4.79 Å². The van der Waals surface area contributed by atoms with Crippen molar-refractivity contribution in [2.24, 2.45) is 0 Å². The molecule has 0 unspecified atom stereocenters. The van der Waals surface area contributed by atoms with Crippen LogP contribution in [0.15, 0.2) is 24.4 Å². The molecule has 4 nitrogen and oxygen atoms in total. The zero-order chi connectivity index (χ0) is 12.4. The minimum atomic E-state index is -0.240. The van der Waals surface area contributed by atoms with Gasteiger partial charge in [-0.1, -0.05) is 17.7 Å². The lowest BCUT2D eigenvalue weighted by Gasteiger charge is -2.06. The van der Waals surface area contributed by atoms with E-state index in [4.69, 9.17) is 11.6 Å². The fourth-order valence-corrected chi connectivity index (χ4v) is 1.59. The van der Waals surface area contributed by atoms with Crippen LogP contribution in [0.3, 0.4) is 0 Å². The second kappa shape index (κ2) is 4.59. The van der Waals surface area contributed by atoms with Gasteiger partial charge in [0.05, 0.1) is 0 Å². The van der Waals surface area contributed by atoms with Gasteiger partial charge in [-0.2, -0.15) is 0 Å². The lowest BCUT2D eigenvalue weighted by molar-refractivity contribution is 0.102. The Bertz CT molecular complexity index is 569. The number of rotatable bonds is 2. The predicted octanol–water partition coefficient (Wildman–Crippen LogP) is 2.37. The fourth-order valence-electron chi connectivity index (χ4n) is 1.41. The first-order valence-corrected chi connectivity index (χ1v) is 5.44. The monoisotopic (exact) mass is 247 g/mol. The zero-order valence-corrected chi connectivity index (χ0v) is 10.2. The molecule has 0 N–H and O–H groups in total. The summed E-state index contributed by atoms with van der Waals surface area (Å²) in [6.45, 7) is 3.60. The van der Waals surface area contributed by atoms with Gasteiger partial charge in [-0.15, -0.1) is 10.2 Å².